The van der Waals surface area contributed by atoms with Gasteiger partial charge in [-0.25, -0.2) is 17.6 Å². The molecule has 1 saturated carbocycles. The number of aromatic nitrogens is 2. The molecule has 1 aromatic heterocycles. The topological polar surface area (TPSA) is 85.3 Å². The fourth-order valence-electron chi connectivity index (χ4n) is 3.25. The number of nitrogens with one attached hydrogen (secondary N) is 1. The van der Waals surface area contributed by atoms with Crippen molar-refractivity contribution in [2.24, 2.45) is 23.7 Å². The van der Waals surface area contributed by atoms with Gasteiger partial charge in [0.1, 0.15) is 5.70 Å². The van der Waals surface area contributed by atoms with E-state index in [1.807, 2.05) is 0 Å². The van der Waals surface area contributed by atoms with Gasteiger partial charge >= 0.3 is 0 Å². The van der Waals surface area contributed by atoms with Crippen LogP contribution in [0, 0.1) is 5.92 Å². The average molecular weight is 502 g/mol. The Labute approximate surface area is 206 Å². The summed E-state index contributed by atoms with van der Waals surface area (Å²) < 4.78 is 49.3. The summed E-state index contributed by atoms with van der Waals surface area (Å²) in [5, 5.41) is 7.23. The Balaban J connectivity index is 0.000000504. The maximum Gasteiger partial charge on any atom is 0.281 e. The molecule has 2 rings (SSSR count). The molecular weight excluding hydrogens is 462 g/mol. The molecule has 1 aromatic rings. The number of aldehydes is 1. The van der Waals surface area contributed by atoms with Crippen LogP contribution in [0.2, 0.25) is 0 Å². The second kappa shape index (κ2) is 18.6. The van der Waals surface area contributed by atoms with Gasteiger partial charge in [0.2, 0.25) is 6.43 Å². The summed E-state index contributed by atoms with van der Waals surface area (Å²) in [6.45, 7) is 7.39. The molecule has 1 aliphatic rings. The molecule has 0 aliphatic heterocycles. The van der Waals surface area contributed by atoms with Crippen LogP contribution < -0.4 is 11.1 Å². The van der Waals surface area contributed by atoms with Crippen LogP contribution >= 0.6 is 0 Å². The third-order valence-electron chi connectivity index (χ3n) is 5.26. The van der Waals surface area contributed by atoms with Crippen molar-refractivity contribution in [3.63, 3.8) is 0 Å². The number of hydrogen-bond donors (Lipinski definition) is 2. The predicted octanol–water partition coefficient (Wildman–Crippen LogP) is 5.47. The van der Waals surface area contributed by atoms with Gasteiger partial charge in [-0.15, -0.1) is 0 Å². The van der Waals surface area contributed by atoms with E-state index in [0.717, 1.165) is 18.2 Å². The van der Waals surface area contributed by atoms with Crippen LogP contribution in [0.1, 0.15) is 62.0 Å². The molecule has 6 nitrogen and oxygen atoms in total. The number of aliphatic imine (C=N–C) groups is 1. The van der Waals surface area contributed by atoms with Crippen molar-refractivity contribution < 1.29 is 22.4 Å². The molecule has 0 spiro atoms. The molecule has 1 heterocycles. The maximum absolute atomic E-state index is 12.1. The fourth-order valence-corrected chi connectivity index (χ4v) is 3.25. The highest BCUT2D eigenvalue weighted by Crippen LogP contribution is 2.22. The number of carbonyl (C=O) groups excluding carboxylic acids is 1. The van der Waals surface area contributed by atoms with E-state index in [1.54, 1.807) is 26.1 Å². The first-order valence-corrected chi connectivity index (χ1v) is 11.5. The summed E-state index contributed by atoms with van der Waals surface area (Å²) in [7, 11) is 3.72. The lowest BCUT2D eigenvalue weighted by atomic mass is 9.87. The highest BCUT2D eigenvalue weighted by molar-refractivity contribution is 5.93. The molecule has 0 aromatic carbocycles. The number of aryl methyl sites for hydroxylation is 2. The molecule has 1 fully saturated rings. The van der Waals surface area contributed by atoms with E-state index in [1.165, 1.54) is 42.6 Å². The molecule has 35 heavy (non-hydrogen) atoms. The van der Waals surface area contributed by atoms with Gasteiger partial charge < -0.3 is 11.1 Å². The minimum absolute atomic E-state index is 0.145. The SMILES string of the molecule is C=C\C=C/C(C)=N\C(=C/N)C(F)F.CNC1CCC(C)CC1.Cn1cc(C=O)c(CCC(F)F)n1. The van der Waals surface area contributed by atoms with Gasteiger partial charge in [0.05, 0.1) is 11.3 Å². The Morgan fingerprint density at radius 3 is 2.40 bits per heavy atom. The molecule has 10 heteroatoms. The van der Waals surface area contributed by atoms with Crippen LogP contribution in [-0.4, -0.2) is 47.7 Å². The Kier molecular flexibility index (Phi) is 17.1. The van der Waals surface area contributed by atoms with Crippen molar-refractivity contribution in [3.8, 4) is 0 Å². The zero-order valence-electron chi connectivity index (χ0n) is 21.1. The Morgan fingerprint density at radius 1 is 1.31 bits per heavy atom. The lowest BCUT2D eigenvalue weighted by molar-refractivity contribution is 0.112. The highest BCUT2D eigenvalue weighted by atomic mass is 19.3. The minimum Gasteiger partial charge on any atom is -0.403 e. The zero-order chi connectivity index (χ0) is 26.8. The largest absolute Gasteiger partial charge is 0.403 e. The van der Waals surface area contributed by atoms with E-state index < -0.39 is 18.5 Å². The molecule has 1 aliphatic carbocycles. The van der Waals surface area contributed by atoms with Crippen molar-refractivity contribution in [3.05, 3.63) is 54.2 Å². The molecule has 3 N–H and O–H groups in total. The van der Waals surface area contributed by atoms with E-state index in [9.17, 15) is 22.4 Å². The van der Waals surface area contributed by atoms with Crippen LogP contribution in [-0.2, 0) is 13.5 Å². The van der Waals surface area contributed by atoms with Crippen molar-refractivity contribution in [2.45, 2.75) is 71.3 Å². The van der Waals surface area contributed by atoms with Crippen LogP contribution in [0.4, 0.5) is 17.6 Å². The number of rotatable bonds is 9. The summed E-state index contributed by atoms with van der Waals surface area (Å²) in [5.41, 5.74) is 5.82. The van der Waals surface area contributed by atoms with Gasteiger partial charge in [-0.2, -0.15) is 5.10 Å². The molecule has 0 saturated heterocycles. The zero-order valence-corrected chi connectivity index (χ0v) is 21.1. The first-order chi connectivity index (χ1) is 16.6. The van der Waals surface area contributed by atoms with E-state index in [0.29, 0.717) is 23.3 Å². The van der Waals surface area contributed by atoms with Crippen molar-refractivity contribution in [1.82, 2.24) is 15.1 Å². The standard InChI is InChI=1S/C9H12F2N2.C8H10F2N2O.C8H17N/c1-3-4-5-7(2)13-8(6-12)9(10)11;1-12-4-6(5-13)7(11-12)2-3-8(9)10;1-7-3-5-8(9-2)6-4-7/h3-6,9H,1,12H2,2H3;4-5,8H,2-3H2,1H3;7-9H,3-6H2,1-2H3/b5-4-,8-6-,13-7-;;. The lowest BCUT2D eigenvalue weighted by Gasteiger charge is -2.25. The van der Waals surface area contributed by atoms with Crippen LogP contribution in [0.3, 0.4) is 0 Å². The van der Waals surface area contributed by atoms with E-state index in [-0.39, 0.29) is 12.8 Å². The summed E-state index contributed by atoms with van der Waals surface area (Å²) in [6, 6.07) is 0.821. The highest BCUT2D eigenvalue weighted by Gasteiger charge is 2.15. The first kappa shape index (κ1) is 32.2. The van der Waals surface area contributed by atoms with Crippen molar-refractivity contribution in [1.29, 1.82) is 0 Å². The molecule has 0 radical (unpaired) electrons. The predicted molar refractivity (Wildman–Crippen MR) is 134 cm³/mol. The molecular formula is C25H39F4N5O. The van der Waals surface area contributed by atoms with Gasteiger partial charge in [-0.1, -0.05) is 25.7 Å². The summed E-state index contributed by atoms with van der Waals surface area (Å²) in [5.74, 6) is 0.981. The number of carbonyl (C=O) groups is 1. The summed E-state index contributed by atoms with van der Waals surface area (Å²) in [4.78, 5) is 14.0. The van der Waals surface area contributed by atoms with Crippen molar-refractivity contribution in [2.75, 3.05) is 7.05 Å². The lowest BCUT2D eigenvalue weighted by Crippen LogP contribution is -2.29. The molecule has 0 unspecified atom stereocenters. The van der Waals surface area contributed by atoms with Gasteiger partial charge in [0.15, 0.2) is 6.29 Å². The van der Waals surface area contributed by atoms with Crippen LogP contribution in [0.25, 0.3) is 0 Å². The fraction of sp³-hybridized carbons (Fsp3) is 0.560. The quantitative estimate of drug-likeness (QED) is 0.203. The van der Waals surface area contributed by atoms with Gasteiger partial charge in [0.25, 0.3) is 6.43 Å². The second-order valence-electron chi connectivity index (χ2n) is 8.24. The van der Waals surface area contributed by atoms with E-state index in [2.05, 4.69) is 36.0 Å². The van der Waals surface area contributed by atoms with Crippen molar-refractivity contribution >= 4 is 12.0 Å². The van der Waals surface area contributed by atoms with Gasteiger partial charge in [-0.05, 0) is 58.1 Å². The Bertz CT molecular complexity index is 826. The molecule has 0 atom stereocenters. The monoisotopic (exact) mass is 501 g/mol. The number of hydrogen-bond acceptors (Lipinski definition) is 5. The van der Waals surface area contributed by atoms with Crippen LogP contribution in [0.15, 0.2) is 47.9 Å². The smallest absolute Gasteiger partial charge is 0.281 e. The Morgan fingerprint density at radius 2 is 1.94 bits per heavy atom. The number of allylic oxidation sites excluding steroid dienone is 4. The van der Waals surface area contributed by atoms with Gasteiger partial charge in [-0.3, -0.25) is 14.5 Å². The maximum atomic E-state index is 12.1. The van der Waals surface area contributed by atoms with Gasteiger partial charge in [0, 0.05) is 37.6 Å². The number of nitrogens with zero attached hydrogens (tertiary/aromatic N) is 3. The minimum atomic E-state index is -2.64. The van der Waals surface area contributed by atoms with E-state index >= 15 is 0 Å². The van der Waals surface area contributed by atoms with Crippen LogP contribution in [0.5, 0.6) is 0 Å². The molecule has 198 valence electrons. The second-order valence-corrected chi connectivity index (χ2v) is 8.24. The average Bonchev–Trinajstić information content (AvgIpc) is 3.20. The molecule has 0 amide bonds. The number of nitrogens with two attached hydrogens (primary N) is 1. The third kappa shape index (κ3) is 15.0. The Hall–Kier alpha value is -2.75. The first-order valence-electron chi connectivity index (χ1n) is 11.5. The number of halogens is 4. The molecule has 0 bridgehead atoms. The van der Waals surface area contributed by atoms with E-state index in [4.69, 9.17) is 5.73 Å². The summed E-state index contributed by atoms with van der Waals surface area (Å²) >= 11 is 0. The third-order valence-corrected chi connectivity index (χ3v) is 5.26. The number of alkyl halides is 4. The summed E-state index contributed by atoms with van der Waals surface area (Å²) in [6.07, 6.45) is 8.19. The normalized spacial score (nSPS) is 18.7.